The van der Waals surface area contributed by atoms with Gasteiger partial charge in [-0.15, -0.1) is 11.3 Å². The number of carbonyl (C=O) groups is 1. The monoisotopic (exact) mass is 344 g/mol. The van der Waals surface area contributed by atoms with Crippen molar-refractivity contribution in [2.45, 2.75) is 18.9 Å². The number of anilines is 1. The number of fused-ring (bicyclic) bond motifs is 1. The highest BCUT2D eigenvalue weighted by Gasteiger charge is 2.23. The molecule has 3 rings (SSSR count). The minimum Gasteiger partial charge on any atom is -0.326 e. The van der Waals surface area contributed by atoms with Crippen LogP contribution in [0.15, 0.2) is 18.2 Å². The van der Waals surface area contributed by atoms with E-state index >= 15 is 0 Å². The van der Waals surface area contributed by atoms with Gasteiger partial charge in [-0.1, -0.05) is 23.2 Å². The Labute approximate surface area is 134 Å². The molecule has 21 heavy (non-hydrogen) atoms. The molecule has 110 valence electrons. The second-order valence-electron chi connectivity index (χ2n) is 4.84. The molecule has 1 aromatic carbocycles. The molecule has 1 aromatic heterocycles. The molecule has 0 bridgehead atoms. The van der Waals surface area contributed by atoms with Crippen molar-refractivity contribution in [2.24, 2.45) is 5.73 Å². The van der Waals surface area contributed by atoms with Crippen LogP contribution in [0, 0.1) is 5.82 Å². The first-order valence-electron chi connectivity index (χ1n) is 6.28. The van der Waals surface area contributed by atoms with E-state index in [2.05, 4.69) is 5.32 Å². The molecule has 0 radical (unpaired) electrons. The lowest BCUT2D eigenvalue weighted by Crippen LogP contribution is -2.21. The van der Waals surface area contributed by atoms with Crippen LogP contribution in [0.1, 0.15) is 29.2 Å². The van der Waals surface area contributed by atoms with E-state index in [1.54, 1.807) is 12.1 Å². The quantitative estimate of drug-likeness (QED) is 0.860. The van der Waals surface area contributed by atoms with Gasteiger partial charge >= 0.3 is 0 Å². The van der Waals surface area contributed by atoms with E-state index < -0.39 is 11.9 Å². The van der Waals surface area contributed by atoms with Crippen molar-refractivity contribution in [1.29, 1.82) is 0 Å². The van der Waals surface area contributed by atoms with Gasteiger partial charge in [0.15, 0.2) is 0 Å². The summed E-state index contributed by atoms with van der Waals surface area (Å²) in [5.74, 6) is -0.576. The number of carbonyl (C=O) groups excluding carboxylic acids is 1. The summed E-state index contributed by atoms with van der Waals surface area (Å²) < 4.78 is 15.2. The zero-order chi connectivity index (χ0) is 15.1. The van der Waals surface area contributed by atoms with Gasteiger partial charge in [-0.3, -0.25) is 4.79 Å². The molecule has 7 heteroatoms. The highest BCUT2D eigenvalue weighted by molar-refractivity contribution is 7.20. The number of benzene rings is 1. The van der Waals surface area contributed by atoms with Gasteiger partial charge in [0.2, 0.25) is 5.91 Å². The number of thiophene rings is 1. The Bertz CT molecular complexity index is 732. The van der Waals surface area contributed by atoms with E-state index in [-0.39, 0.29) is 5.91 Å². The van der Waals surface area contributed by atoms with Crippen LogP contribution in [0.5, 0.6) is 0 Å². The van der Waals surface area contributed by atoms with E-state index in [1.165, 1.54) is 17.4 Å². The number of nitrogens with one attached hydrogen (secondary N) is 1. The molecule has 0 saturated carbocycles. The van der Waals surface area contributed by atoms with Gasteiger partial charge < -0.3 is 11.1 Å². The average Bonchev–Trinajstić information content (AvgIpc) is 2.76. The Morgan fingerprint density at radius 1 is 1.24 bits per heavy atom. The molecular weight excluding hydrogens is 334 g/mol. The number of hydrogen-bond donors (Lipinski definition) is 2. The summed E-state index contributed by atoms with van der Waals surface area (Å²) in [6.07, 6.45) is 0.956. The Morgan fingerprint density at radius 2 is 2.00 bits per heavy atom. The van der Waals surface area contributed by atoms with Crippen molar-refractivity contribution in [3.05, 3.63) is 49.4 Å². The van der Waals surface area contributed by atoms with E-state index in [9.17, 15) is 9.18 Å². The molecule has 0 saturated heterocycles. The molecule has 2 heterocycles. The van der Waals surface area contributed by atoms with E-state index in [4.69, 9.17) is 28.9 Å². The molecule has 0 spiro atoms. The van der Waals surface area contributed by atoms with E-state index in [1.807, 2.05) is 0 Å². The van der Waals surface area contributed by atoms with Crippen LogP contribution in [-0.2, 0) is 11.2 Å². The standard InChI is InChI=1S/C14H11Cl2FN2OS/c15-11-4-8(14(16)21-11)13(18)7-3-6-1-2-12(20)19-10(6)5-9(7)17/h3-5,13H,1-2,18H2,(H,19,20). The maximum absolute atomic E-state index is 14.3. The third-order valence-corrected chi connectivity index (χ3v) is 4.99. The summed E-state index contributed by atoms with van der Waals surface area (Å²) in [6.45, 7) is 0. The van der Waals surface area contributed by atoms with Crippen molar-refractivity contribution in [2.75, 3.05) is 5.32 Å². The van der Waals surface area contributed by atoms with Crippen LogP contribution >= 0.6 is 34.5 Å². The number of nitrogens with two attached hydrogens (primary N) is 1. The third-order valence-electron chi connectivity index (χ3n) is 3.47. The fraction of sp³-hybridized carbons (Fsp3) is 0.214. The van der Waals surface area contributed by atoms with Crippen molar-refractivity contribution in [3.63, 3.8) is 0 Å². The molecule has 3 nitrogen and oxygen atoms in total. The number of aryl methyl sites for hydroxylation is 1. The zero-order valence-electron chi connectivity index (χ0n) is 10.8. The van der Waals surface area contributed by atoms with Gasteiger partial charge in [0.25, 0.3) is 0 Å². The summed E-state index contributed by atoms with van der Waals surface area (Å²) in [5.41, 5.74) is 8.46. The van der Waals surface area contributed by atoms with Crippen LogP contribution in [0.2, 0.25) is 8.67 Å². The average molecular weight is 345 g/mol. The van der Waals surface area contributed by atoms with Gasteiger partial charge in [0, 0.05) is 23.2 Å². The van der Waals surface area contributed by atoms with Gasteiger partial charge in [0.1, 0.15) is 5.82 Å². The number of rotatable bonds is 2. The van der Waals surface area contributed by atoms with Crippen molar-refractivity contribution in [3.8, 4) is 0 Å². The predicted octanol–water partition coefficient (Wildman–Crippen LogP) is 4.13. The fourth-order valence-electron chi connectivity index (χ4n) is 2.39. The Balaban J connectivity index is 2.03. The lowest BCUT2D eigenvalue weighted by molar-refractivity contribution is -0.116. The van der Waals surface area contributed by atoms with E-state index in [0.717, 1.165) is 5.56 Å². The zero-order valence-corrected chi connectivity index (χ0v) is 13.1. The first kappa shape index (κ1) is 14.8. The van der Waals surface area contributed by atoms with Gasteiger partial charge in [-0.25, -0.2) is 4.39 Å². The second kappa shape index (κ2) is 5.57. The van der Waals surface area contributed by atoms with Crippen molar-refractivity contribution >= 4 is 46.1 Å². The maximum Gasteiger partial charge on any atom is 0.224 e. The largest absolute Gasteiger partial charge is 0.326 e. The minimum absolute atomic E-state index is 0.105. The first-order chi connectivity index (χ1) is 9.95. The van der Waals surface area contributed by atoms with Gasteiger partial charge in [-0.05, 0) is 30.2 Å². The van der Waals surface area contributed by atoms with Gasteiger partial charge in [-0.2, -0.15) is 0 Å². The maximum atomic E-state index is 14.3. The molecular formula is C14H11Cl2FN2OS. The summed E-state index contributed by atoms with van der Waals surface area (Å²) >= 11 is 13.2. The minimum atomic E-state index is -0.691. The highest BCUT2D eigenvalue weighted by atomic mass is 35.5. The number of halogens is 3. The Kier molecular flexibility index (Phi) is 3.92. The second-order valence-corrected chi connectivity index (χ2v) is 7.12. The van der Waals surface area contributed by atoms with Crippen LogP contribution in [0.25, 0.3) is 0 Å². The molecule has 3 N–H and O–H groups in total. The first-order valence-corrected chi connectivity index (χ1v) is 7.85. The number of amides is 1. The lowest BCUT2D eigenvalue weighted by Gasteiger charge is -2.20. The topological polar surface area (TPSA) is 55.1 Å². The molecule has 1 aliphatic heterocycles. The van der Waals surface area contributed by atoms with Crippen LogP contribution in [-0.4, -0.2) is 5.91 Å². The summed E-state index contributed by atoms with van der Waals surface area (Å²) in [4.78, 5) is 11.3. The molecule has 1 atom stereocenters. The Morgan fingerprint density at radius 3 is 2.67 bits per heavy atom. The fourth-order valence-corrected chi connectivity index (χ4v) is 3.94. The summed E-state index contributed by atoms with van der Waals surface area (Å²) in [7, 11) is 0. The highest BCUT2D eigenvalue weighted by Crippen LogP contribution is 2.38. The molecule has 0 aliphatic carbocycles. The smallest absolute Gasteiger partial charge is 0.224 e. The summed E-state index contributed by atoms with van der Waals surface area (Å²) in [6, 6.07) is 3.96. The molecule has 1 unspecified atom stereocenters. The lowest BCUT2D eigenvalue weighted by atomic mass is 9.95. The van der Waals surface area contributed by atoms with Crippen LogP contribution in [0.3, 0.4) is 0 Å². The van der Waals surface area contributed by atoms with Crippen LogP contribution < -0.4 is 11.1 Å². The third kappa shape index (κ3) is 2.79. The summed E-state index contributed by atoms with van der Waals surface area (Å²) in [5, 5.41) is 2.66. The molecule has 1 aliphatic rings. The Hall–Kier alpha value is -1.14. The normalized spacial score (nSPS) is 15.5. The molecule has 1 amide bonds. The molecule has 2 aromatic rings. The van der Waals surface area contributed by atoms with Crippen LogP contribution in [0.4, 0.5) is 10.1 Å². The van der Waals surface area contributed by atoms with Crippen molar-refractivity contribution < 1.29 is 9.18 Å². The molecule has 0 fully saturated rings. The number of hydrogen-bond acceptors (Lipinski definition) is 3. The SMILES string of the molecule is NC(c1cc2c(cc1F)NC(=O)CC2)c1cc(Cl)sc1Cl. The van der Waals surface area contributed by atoms with Crippen molar-refractivity contribution in [1.82, 2.24) is 0 Å². The predicted molar refractivity (Wildman–Crippen MR) is 83.7 cm³/mol. The van der Waals surface area contributed by atoms with Gasteiger partial charge in [0.05, 0.1) is 14.7 Å². The van der Waals surface area contributed by atoms with E-state index in [0.29, 0.717) is 38.3 Å².